The summed E-state index contributed by atoms with van der Waals surface area (Å²) >= 11 is 1.20. The van der Waals surface area contributed by atoms with Crippen LogP contribution in [0.15, 0.2) is 63.2 Å². The molecule has 0 radical (unpaired) electrons. The maximum Gasteiger partial charge on any atom is 0.242 e. The van der Waals surface area contributed by atoms with E-state index in [9.17, 15) is 8.42 Å². The molecule has 2 heterocycles. The zero-order valence-electron chi connectivity index (χ0n) is 29.5. The highest BCUT2D eigenvalue weighted by Crippen LogP contribution is 2.46. The lowest BCUT2D eigenvalue weighted by Crippen LogP contribution is -2.44. The third kappa shape index (κ3) is 4.36. The van der Waals surface area contributed by atoms with Crippen LogP contribution in [-0.4, -0.2) is 76.2 Å². The summed E-state index contributed by atoms with van der Waals surface area (Å²) in [5.74, 6) is 0. The van der Waals surface area contributed by atoms with Crippen molar-refractivity contribution in [3.05, 3.63) is 59.6 Å². The molecule has 30 heavy (non-hydrogen) atoms. The number of benzene rings is 2. The molecule has 0 unspecified atom stereocenters. The summed E-state index contributed by atoms with van der Waals surface area (Å²) in [5.41, 5.74) is 0.0563. The molecule has 0 amide bonds. The number of nitrogens with zero attached hydrogens (tertiary/aromatic N) is 3. The predicted octanol–water partition coefficient (Wildman–Crippen LogP) is 3.47. The molecule has 0 atom stereocenters. The normalized spacial score (nSPS) is 33.5. The third-order valence-corrected chi connectivity index (χ3v) is 7.35. The van der Waals surface area contributed by atoms with Gasteiger partial charge < -0.3 is 9.80 Å². The van der Waals surface area contributed by atoms with Gasteiger partial charge in [0.2, 0.25) is 10.0 Å². The van der Waals surface area contributed by atoms with Gasteiger partial charge in [0.05, 0.1) is 6.27 Å². The highest BCUT2D eigenvalue weighted by Gasteiger charge is 2.25. The molecule has 1 fully saturated rings. The van der Waals surface area contributed by atoms with Crippen molar-refractivity contribution >= 4 is 27.4 Å². The Labute approximate surface area is 202 Å². The van der Waals surface area contributed by atoms with Gasteiger partial charge >= 0.3 is 0 Å². The van der Waals surface area contributed by atoms with Crippen LogP contribution in [0, 0.1) is 0 Å². The summed E-state index contributed by atoms with van der Waals surface area (Å²) < 4.78 is 138. The molecule has 2 aliphatic rings. The van der Waals surface area contributed by atoms with E-state index < -0.39 is 59.8 Å². The van der Waals surface area contributed by atoms with Crippen molar-refractivity contribution in [3.8, 4) is 0 Å². The van der Waals surface area contributed by atoms with E-state index in [0.717, 1.165) is 11.4 Å². The Bertz CT molecular complexity index is 1580. The predicted molar refractivity (Wildman–Crippen MR) is 124 cm³/mol. The van der Waals surface area contributed by atoms with E-state index >= 15 is 0 Å². The van der Waals surface area contributed by atoms with Crippen molar-refractivity contribution in [1.29, 1.82) is 0 Å². The van der Waals surface area contributed by atoms with E-state index in [-0.39, 0.29) is 26.5 Å². The Morgan fingerprint density at radius 1 is 1.13 bits per heavy atom. The molecule has 0 bridgehead atoms. The van der Waals surface area contributed by atoms with Gasteiger partial charge in [-0.2, -0.15) is 0 Å². The van der Waals surface area contributed by atoms with E-state index in [4.69, 9.17) is 17.8 Å². The molecule has 160 valence electrons. The van der Waals surface area contributed by atoms with Crippen molar-refractivity contribution in [2.45, 2.75) is 21.1 Å². The monoisotopic (exact) mass is 456 g/mol. The molecule has 2 aliphatic heterocycles. The molecule has 0 saturated carbocycles. The molecular weight excluding hydrogens is 414 g/mol. The summed E-state index contributed by atoms with van der Waals surface area (Å²) in [4.78, 5) is 0.440. The van der Waals surface area contributed by atoms with Crippen molar-refractivity contribution in [1.82, 2.24) is 14.1 Å². The van der Waals surface area contributed by atoms with Crippen molar-refractivity contribution in [3.63, 3.8) is 0 Å². The van der Waals surface area contributed by atoms with Gasteiger partial charge in [0.1, 0.15) is 0 Å². The van der Waals surface area contributed by atoms with E-state index in [0.29, 0.717) is 9.79 Å². The number of hydrogen-bond donors (Lipinski definition) is 0. The first kappa shape index (κ1) is 10.8. The minimum Gasteiger partial charge on any atom is -0.304 e. The topological polar surface area (TPSA) is 43.9 Å². The second kappa shape index (κ2) is 8.85. The molecular formula is C23H29N3O2S2. The molecule has 7 heteroatoms. The molecule has 0 spiro atoms. The van der Waals surface area contributed by atoms with Gasteiger partial charge in [-0.3, -0.25) is 0 Å². The zero-order chi connectivity index (χ0) is 32.9. The minimum absolute atomic E-state index is 0.0614. The number of hydrogen-bond acceptors (Lipinski definition) is 5. The van der Waals surface area contributed by atoms with Gasteiger partial charge in [0.15, 0.2) is 0 Å². The van der Waals surface area contributed by atoms with Gasteiger partial charge in [-0.05, 0) is 54.4 Å². The van der Waals surface area contributed by atoms with E-state index in [2.05, 4.69) is 0 Å². The summed E-state index contributed by atoms with van der Waals surface area (Å²) in [6, 6.07) is 9.32. The summed E-state index contributed by atoms with van der Waals surface area (Å²) in [5, 5.41) is 0. The zero-order valence-corrected chi connectivity index (χ0v) is 18.1. The quantitative estimate of drug-likeness (QED) is 0.588. The first-order chi connectivity index (χ1) is 19.3. The largest absolute Gasteiger partial charge is 0.304 e. The standard InChI is InChI=1S/C23H29N3O2S2/c1-24(2)30(27,28)18-10-11-23-21(17-18)19(20-7-4-5-9-22(20)29-23)8-6-12-26-15-13-25(3)14-16-26/h4-5,7-11,17H,6,12-16H2,1-3H3/b19-8-/i6D2,8D,12D2,13D2,14D2,15D2,16D2. The lowest BCUT2D eigenvalue weighted by molar-refractivity contribution is 0.156. The number of sulfonamides is 1. The summed E-state index contributed by atoms with van der Waals surface area (Å²) in [6.45, 7) is -17.9. The second-order valence-electron chi connectivity index (χ2n) is 6.62. The number of fused-ring (bicyclic) bond motifs is 2. The van der Waals surface area contributed by atoms with Crippen LogP contribution in [0.4, 0.5) is 0 Å². The Kier molecular flexibility index (Phi) is 3.18. The Hall–Kier alpha value is -1.64. The van der Waals surface area contributed by atoms with Crippen LogP contribution in [0.3, 0.4) is 0 Å². The average Bonchev–Trinajstić information content (AvgIpc) is 2.88. The SMILES string of the molecule is [2H]/C(=C1\c2ccccc2Sc2ccc(S(=O)(=O)N(C)C)cc21)C([2H])([2H])C([2H])([2H])N1C([2H])([2H])C([2H])([2H])N(C)C([2H])([2H])C1([2H])[2H]. The highest BCUT2D eigenvalue weighted by atomic mass is 32.2. The van der Waals surface area contributed by atoms with E-state index in [1.54, 1.807) is 18.2 Å². The highest BCUT2D eigenvalue weighted by molar-refractivity contribution is 7.99. The Morgan fingerprint density at radius 2 is 1.83 bits per heavy atom. The van der Waals surface area contributed by atoms with Gasteiger partial charge in [-0.1, -0.05) is 36.0 Å². The van der Waals surface area contributed by atoms with Crippen LogP contribution < -0.4 is 0 Å². The van der Waals surface area contributed by atoms with Crippen LogP contribution in [0.1, 0.15) is 35.3 Å². The fourth-order valence-corrected chi connectivity index (χ4v) is 4.83. The molecule has 4 rings (SSSR count). The fourth-order valence-electron chi connectivity index (χ4n) is 2.83. The summed E-state index contributed by atoms with van der Waals surface area (Å²) in [6.07, 6.45) is -3.63. The van der Waals surface area contributed by atoms with Crippen LogP contribution in [0.25, 0.3) is 5.57 Å². The van der Waals surface area contributed by atoms with Gasteiger partial charge in [-0.25, -0.2) is 12.7 Å². The molecule has 0 aliphatic carbocycles. The lowest BCUT2D eigenvalue weighted by atomic mass is 9.96. The first-order valence-electron chi connectivity index (χ1n) is 15.4. The Balaban J connectivity index is 2.04. The second-order valence-corrected chi connectivity index (χ2v) is 9.86. The van der Waals surface area contributed by atoms with Crippen LogP contribution >= 0.6 is 11.8 Å². The molecule has 5 nitrogen and oxygen atoms in total. The van der Waals surface area contributed by atoms with Crippen molar-refractivity contribution in [2.24, 2.45) is 0 Å². The number of likely N-dealkylation sites (N-methyl/N-ethyl adjacent to an activating group) is 1. The van der Waals surface area contributed by atoms with Crippen LogP contribution in [-0.2, 0) is 10.0 Å². The van der Waals surface area contributed by atoms with Gasteiger partial charge in [0, 0.05) is 72.8 Å². The van der Waals surface area contributed by atoms with Crippen LogP contribution in [0.2, 0.25) is 0 Å². The van der Waals surface area contributed by atoms with E-state index in [1.807, 2.05) is 0 Å². The number of piperazine rings is 1. The van der Waals surface area contributed by atoms with E-state index in [1.165, 1.54) is 50.1 Å². The Morgan fingerprint density at radius 3 is 2.57 bits per heavy atom. The van der Waals surface area contributed by atoms with Crippen molar-refractivity contribution < 1.29 is 26.2 Å². The molecule has 0 aromatic heterocycles. The fraction of sp³-hybridized carbons (Fsp3) is 0.391. The summed E-state index contributed by atoms with van der Waals surface area (Å²) in [7, 11) is -0.582. The smallest absolute Gasteiger partial charge is 0.242 e. The van der Waals surface area contributed by atoms with Crippen molar-refractivity contribution in [2.75, 3.05) is 53.6 Å². The number of rotatable bonds is 5. The third-order valence-electron chi connectivity index (χ3n) is 4.39. The first-order valence-corrected chi connectivity index (χ1v) is 11.2. The minimum atomic E-state index is -4.00. The van der Waals surface area contributed by atoms with Gasteiger partial charge in [0.25, 0.3) is 0 Å². The maximum atomic E-state index is 13.0. The molecule has 0 N–H and O–H groups in total. The lowest BCUT2D eigenvalue weighted by Gasteiger charge is -2.32. The maximum absolute atomic E-state index is 13.0. The molecule has 1 saturated heterocycles. The average molecular weight is 457 g/mol. The van der Waals surface area contributed by atoms with Gasteiger partial charge in [-0.15, -0.1) is 0 Å². The van der Waals surface area contributed by atoms with Crippen LogP contribution in [0.5, 0.6) is 0 Å². The molecule has 2 aromatic rings. The molecule has 2 aromatic carbocycles.